The molecule has 1 unspecified atom stereocenters. The van der Waals surface area contributed by atoms with Crippen molar-refractivity contribution < 1.29 is 4.74 Å². The van der Waals surface area contributed by atoms with E-state index in [2.05, 4.69) is 61.6 Å². The summed E-state index contributed by atoms with van der Waals surface area (Å²) in [5, 5.41) is -1.25. The van der Waals surface area contributed by atoms with Crippen LogP contribution in [0, 0.1) is 0 Å². The van der Waals surface area contributed by atoms with Gasteiger partial charge in [-0.25, -0.2) is 9.98 Å². The quantitative estimate of drug-likeness (QED) is 0.384. The average Bonchev–Trinajstić information content (AvgIpc) is 2.73. The molecule has 5 heteroatoms. The molecule has 1 aliphatic heterocycles. The van der Waals surface area contributed by atoms with E-state index in [9.17, 15) is 0 Å². The van der Waals surface area contributed by atoms with E-state index in [0.717, 1.165) is 43.4 Å². The number of benzene rings is 1. The lowest BCUT2D eigenvalue weighted by molar-refractivity contribution is 0.259. The van der Waals surface area contributed by atoms with Crippen LogP contribution in [0.15, 0.2) is 48.2 Å². The molecule has 1 atom stereocenters. The Labute approximate surface area is 172 Å². The molecule has 0 saturated heterocycles. The van der Waals surface area contributed by atoms with Crippen LogP contribution in [0.1, 0.15) is 69.2 Å². The first-order valence-corrected chi connectivity index (χ1v) is 10.5. The molecular weight excluding hydrogens is 370 g/mol. The number of aromatic nitrogens is 2. The molecule has 0 spiro atoms. The fourth-order valence-corrected chi connectivity index (χ4v) is 3.79. The molecule has 0 amide bonds. The number of halogens is 1. The molecule has 0 aliphatic carbocycles. The molecule has 148 valence electrons. The number of unbranched alkanes of at least 4 members (excludes halogenated alkanes) is 1. The lowest BCUT2D eigenvalue weighted by Crippen LogP contribution is -2.39. The van der Waals surface area contributed by atoms with Gasteiger partial charge in [-0.05, 0) is 43.2 Å². The Balaban J connectivity index is 2.05. The van der Waals surface area contributed by atoms with Crippen molar-refractivity contribution in [3.63, 3.8) is 0 Å². The van der Waals surface area contributed by atoms with Crippen molar-refractivity contribution >= 4 is 23.0 Å². The Morgan fingerprint density at radius 2 is 1.86 bits per heavy atom. The third-order valence-electron chi connectivity index (χ3n) is 5.33. The van der Waals surface area contributed by atoms with E-state index < -0.39 is 5.06 Å². The van der Waals surface area contributed by atoms with Crippen LogP contribution >= 0.6 is 11.6 Å². The van der Waals surface area contributed by atoms with Crippen LogP contribution in [0.3, 0.4) is 0 Å². The van der Waals surface area contributed by atoms with E-state index in [0.29, 0.717) is 23.2 Å². The highest BCUT2D eigenvalue weighted by Gasteiger charge is 2.39. The van der Waals surface area contributed by atoms with Crippen molar-refractivity contribution in [2.45, 2.75) is 63.9 Å². The number of aryl methyl sites for hydroxylation is 1. The minimum atomic E-state index is -1.25. The molecule has 0 N–H and O–H groups in total. The summed E-state index contributed by atoms with van der Waals surface area (Å²) in [6, 6.07) is 8.45. The summed E-state index contributed by atoms with van der Waals surface area (Å²) >= 11 is 6.77. The standard InChI is InChI=1S/C23H28ClN3O/c1-5-9-10-19-20-22(26-15-25-19)28-23(24,8-4)21(27-20)18-13-11-17(12-14-18)16(6-2)7-3/h8,11-16H,4-7,9-10H2,1-3H3. The van der Waals surface area contributed by atoms with Crippen LogP contribution in [0.5, 0.6) is 5.88 Å². The highest BCUT2D eigenvalue weighted by atomic mass is 35.5. The number of rotatable bonds is 8. The zero-order valence-electron chi connectivity index (χ0n) is 16.9. The smallest absolute Gasteiger partial charge is 0.246 e. The molecule has 0 saturated carbocycles. The summed E-state index contributed by atoms with van der Waals surface area (Å²) in [7, 11) is 0. The summed E-state index contributed by atoms with van der Waals surface area (Å²) in [4.78, 5) is 13.5. The molecular formula is C23H28ClN3O. The van der Waals surface area contributed by atoms with Crippen molar-refractivity contribution in [3.8, 4) is 5.88 Å². The van der Waals surface area contributed by atoms with E-state index in [1.807, 2.05) is 0 Å². The van der Waals surface area contributed by atoms with E-state index >= 15 is 0 Å². The average molecular weight is 398 g/mol. The van der Waals surface area contributed by atoms with Gasteiger partial charge in [-0.15, -0.1) is 0 Å². The highest BCUT2D eigenvalue weighted by molar-refractivity contribution is 6.40. The summed E-state index contributed by atoms with van der Waals surface area (Å²) in [5.41, 5.74) is 4.44. The lowest BCUT2D eigenvalue weighted by Gasteiger charge is -2.31. The molecule has 3 rings (SSSR count). The van der Waals surface area contributed by atoms with Gasteiger partial charge < -0.3 is 4.74 Å². The van der Waals surface area contributed by atoms with Crippen molar-refractivity contribution in [1.82, 2.24) is 9.97 Å². The van der Waals surface area contributed by atoms with Gasteiger partial charge in [-0.3, -0.25) is 0 Å². The Hall–Kier alpha value is -2.20. The van der Waals surface area contributed by atoms with Gasteiger partial charge in [-0.2, -0.15) is 4.98 Å². The molecule has 4 nitrogen and oxygen atoms in total. The van der Waals surface area contributed by atoms with Crippen molar-refractivity contribution in [1.29, 1.82) is 0 Å². The van der Waals surface area contributed by atoms with E-state index in [-0.39, 0.29) is 0 Å². The van der Waals surface area contributed by atoms with Gasteiger partial charge >= 0.3 is 0 Å². The van der Waals surface area contributed by atoms with Crippen LogP contribution in [0.25, 0.3) is 0 Å². The number of alkyl halides is 1. The van der Waals surface area contributed by atoms with E-state index in [1.54, 1.807) is 6.08 Å². The second-order valence-corrected chi connectivity index (χ2v) is 7.69. The minimum Gasteiger partial charge on any atom is -0.444 e. The van der Waals surface area contributed by atoms with Crippen LogP contribution in [0.2, 0.25) is 0 Å². The van der Waals surface area contributed by atoms with Gasteiger partial charge in [-0.1, -0.05) is 69.6 Å². The van der Waals surface area contributed by atoms with E-state index in [4.69, 9.17) is 21.3 Å². The number of fused-ring (bicyclic) bond motifs is 1. The Kier molecular flexibility index (Phi) is 6.50. The van der Waals surface area contributed by atoms with Crippen molar-refractivity contribution in [2.75, 3.05) is 0 Å². The number of aliphatic imine (C=N–C) groups is 1. The Morgan fingerprint density at radius 1 is 1.14 bits per heavy atom. The fraction of sp³-hybridized carbons (Fsp3) is 0.435. The SMILES string of the molecule is C=CC1(Cl)Oc2ncnc(CCCC)c2N=C1c1ccc(C(CC)CC)cc1. The summed E-state index contributed by atoms with van der Waals surface area (Å²) in [5.74, 6) is 0.974. The fourth-order valence-electron chi connectivity index (χ4n) is 3.56. The molecule has 1 aliphatic rings. The lowest BCUT2D eigenvalue weighted by atomic mass is 9.92. The third-order valence-corrected chi connectivity index (χ3v) is 5.74. The van der Waals surface area contributed by atoms with Gasteiger partial charge in [0.15, 0.2) is 0 Å². The summed E-state index contributed by atoms with van der Waals surface area (Å²) in [6.07, 6.45) is 8.27. The molecule has 1 aromatic carbocycles. The van der Waals surface area contributed by atoms with Crippen molar-refractivity contribution in [2.24, 2.45) is 4.99 Å². The van der Waals surface area contributed by atoms with E-state index in [1.165, 1.54) is 11.9 Å². The first kappa shape index (κ1) is 20.5. The van der Waals surface area contributed by atoms with Gasteiger partial charge in [0.2, 0.25) is 10.9 Å². The third kappa shape index (κ3) is 3.97. The van der Waals surface area contributed by atoms with Crippen LogP contribution in [-0.2, 0) is 6.42 Å². The van der Waals surface area contributed by atoms with Gasteiger partial charge in [0.1, 0.15) is 17.7 Å². The first-order valence-electron chi connectivity index (χ1n) is 10.1. The van der Waals surface area contributed by atoms with Gasteiger partial charge in [0.25, 0.3) is 0 Å². The van der Waals surface area contributed by atoms with Crippen LogP contribution in [-0.4, -0.2) is 20.7 Å². The Bertz CT molecular complexity index is 859. The second-order valence-electron chi connectivity index (χ2n) is 7.12. The predicted molar refractivity (Wildman–Crippen MR) is 116 cm³/mol. The van der Waals surface area contributed by atoms with Crippen LogP contribution in [0.4, 0.5) is 5.69 Å². The maximum absolute atomic E-state index is 6.77. The minimum absolute atomic E-state index is 0.411. The number of hydrogen-bond acceptors (Lipinski definition) is 4. The molecule has 2 aromatic rings. The maximum Gasteiger partial charge on any atom is 0.246 e. The zero-order valence-corrected chi connectivity index (χ0v) is 17.7. The maximum atomic E-state index is 6.77. The number of nitrogens with zero attached hydrogens (tertiary/aromatic N) is 3. The molecule has 0 bridgehead atoms. The van der Waals surface area contributed by atoms with Crippen LogP contribution < -0.4 is 4.74 Å². The monoisotopic (exact) mass is 397 g/mol. The largest absolute Gasteiger partial charge is 0.444 e. The molecule has 0 radical (unpaired) electrons. The van der Waals surface area contributed by atoms with Gasteiger partial charge in [0.05, 0.1) is 5.69 Å². The van der Waals surface area contributed by atoms with Gasteiger partial charge in [0, 0.05) is 5.56 Å². The normalized spacial score (nSPS) is 18.4. The topological polar surface area (TPSA) is 47.4 Å². The highest BCUT2D eigenvalue weighted by Crippen LogP contribution is 2.41. The Morgan fingerprint density at radius 3 is 2.46 bits per heavy atom. The second kappa shape index (κ2) is 8.87. The summed E-state index contributed by atoms with van der Waals surface area (Å²) < 4.78 is 6.04. The molecule has 0 fully saturated rings. The molecule has 1 aromatic heterocycles. The number of ether oxygens (including phenoxy) is 1. The predicted octanol–water partition coefficient (Wildman–Crippen LogP) is 6.36. The zero-order chi connectivity index (χ0) is 20.1. The molecule has 2 heterocycles. The first-order chi connectivity index (χ1) is 13.6. The van der Waals surface area contributed by atoms with Crippen molar-refractivity contribution in [3.05, 3.63) is 60.1 Å². The number of hydrogen-bond donors (Lipinski definition) is 0. The molecule has 28 heavy (non-hydrogen) atoms. The summed E-state index contributed by atoms with van der Waals surface area (Å²) in [6.45, 7) is 10.5.